The van der Waals surface area contributed by atoms with Gasteiger partial charge in [-0.05, 0) is 47.9 Å². The topological polar surface area (TPSA) is 101 Å². The Labute approximate surface area is 126 Å². The van der Waals surface area contributed by atoms with E-state index in [4.69, 9.17) is 0 Å². The smallest absolute Gasteiger partial charge is 0.254 e. The molecule has 114 valence electrons. The average Bonchev–Trinajstić information content (AvgIpc) is 2.50. The van der Waals surface area contributed by atoms with Crippen LogP contribution in [0, 0.1) is 0 Å². The molecule has 0 bridgehead atoms. The van der Waals surface area contributed by atoms with Gasteiger partial charge in [-0.25, -0.2) is 0 Å². The molecule has 0 saturated carbocycles. The maximum absolute atomic E-state index is 12.4. The van der Waals surface area contributed by atoms with Gasteiger partial charge in [-0.15, -0.1) is 0 Å². The molecule has 1 heterocycles. The van der Waals surface area contributed by atoms with Gasteiger partial charge in [-0.3, -0.25) is 4.79 Å². The molecule has 1 aliphatic heterocycles. The average molecular weight is 301 g/mol. The van der Waals surface area contributed by atoms with Crippen molar-refractivity contribution in [2.24, 2.45) is 0 Å². The Kier molecular flexibility index (Phi) is 3.29. The molecule has 0 radical (unpaired) electrons. The van der Waals surface area contributed by atoms with Crippen molar-refractivity contribution in [1.82, 2.24) is 4.90 Å². The van der Waals surface area contributed by atoms with E-state index in [2.05, 4.69) is 0 Å². The van der Waals surface area contributed by atoms with Crippen molar-refractivity contribution in [3.8, 4) is 23.0 Å². The van der Waals surface area contributed by atoms with Crippen LogP contribution in [-0.2, 0) is 13.0 Å². The molecule has 0 fully saturated rings. The highest BCUT2D eigenvalue weighted by Gasteiger charge is 2.23. The molecule has 4 N–H and O–H groups in total. The van der Waals surface area contributed by atoms with Gasteiger partial charge in [0, 0.05) is 18.7 Å². The Hall–Kier alpha value is -2.89. The van der Waals surface area contributed by atoms with E-state index in [9.17, 15) is 25.2 Å². The first-order valence-corrected chi connectivity index (χ1v) is 6.80. The minimum absolute atomic E-state index is 0.165. The Morgan fingerprint density at radius 2 is 1.50 bits per heavy atom. The first-order chi connectivity index (χ1) is 10.5. The number of phenols is 4. The fourth-order valence-electron chi connectivity index (χ4n) is 2.60. The Morgan fingerprint density at radius 3 is 2.18 bits per heavy atom. The first-order valence-electron chi connectivity index (χ1n) is 6.80. The second kappa shape index (κ2) is 5.14. The maximum Gasteiger partial charge on any atom is 0.254 e. The molecule has 0 spiro atoms. The quantitative estimate of drug-likeness (QED) is 0.601. The number of hydrogen-bond donors (Lipinski definition) is 4. The summed E-state index contributed by atoms with van der Waals surface area (Å²) in [5.74, 6) is -1.27. The van der Waals surface area contributed by atoms with Crippen molar-refractivity contribution < 1.29 is 25.2 Å². The minimum Gasteiger partial charge on any atom is -0.504 e. The summed E-state index contributed by atoms with van der Waals surface area (Å²) in [5, 5.41) is 37.9. The Bertz CT molecular complexity index is 756. The lowest BCUT2D eigenvalue weighted by Gasteiger charge is -2.29. The molecular weight excluding hydrogens is 286 g/mol. The standard InChI is InChI=1S/C16H15NO5/c18-12-2-1-10(6-13(12)19)16(22)17-4-3-9-5-14(20)15(21)7-11(9)8-17/h1-2,5-7,18-21H,3-4,8H2. The summed E-state index contributed by atoms with van der Waals surface area (Å²) in [5.41, 5.74) is 1.95. The second-order valence-electron chi connectivity index (χ2n) is 5.29. The molecule has 6 heteroatoms. The van der Waals surface area contributed by atoms with Gasteiger partial charge in [0.2, 0.25) is 0 Å². The number of aromatic hydroxyl groups is 4. The van der Waals surface area contributed by atoms with Crippen molar-refractivity contribution in [3.05, 3.63) is 47.0 Å². The second-order valence-corrected chi connectivity index (χ2v) is 5.29. The van der Waals surface area contributed by atoms with Gasteiger partial charge in [0.1, 0.15) is 0 Å². The van der Waals surface area contributed by atoms with Gasteiger partial charge < -0.3 is 25.3 Å². The number of carbonyl (C=O) groups is 1. The molecule has 0 unspecified atom stereocenters. The summed E-state index contributed by atoms with van der Waals surface area (Å²) >= 11 is 0. The molecule has 3 rings (SSSR count). The van der Waals surface area contributed by atoms with E-state index in [1.807, 2.05) is 0 Å². The summed E-state index contributed by atoms with van der Waals surface area (Å²) in [6.45, 7) is 0.779. The molecule has 2 aromatic rings. The maximum atomic E-state index is 12.4. The van der Waals surface area contributed by atoms with Gasteiger partial charge in [-0.2, -0.15) is 0 Å². The van der Waals surface area contributed by atoms with Crippen LogP contribution in [0.15, 0.2) is 30.3 Å². The predicted molar refractivity (Wildman–Crippen MR) is 78.0 cm³/mol. The number of amides is 1. The number of rotatable bonds is 1. The third kappa shape index (κ3) is 2.39. The van der Waals surface area contributed by atoms with Crippen LogP contribution in [0.4, 0.5) is 0 Å². The summed E-state index contributed by atoms with van der Waals surface area (Å²) in [6, 6.07) is 6.91. The molecule has 0 aromatic heterocycles. The van der Waals surface area contributed by atoms with Gasteiger partial charge >= 0.3 is 0 Å². The zero-order valence-electron chi connectivity index (χ0n) is 11.7. The molecule has 0 atom stereocenters. The first kappa shape index (κ1) is 14.1. The third-order valence-electron chi connectivity index (χ3n) is 3.82. The fraction of sp³-hybridized carbons (Fsp3) is 0.188. The molecular formula is C16H15NO5. The fourth-order valence-corrected chi connectivity index (χ4v) is 2.60. The summed E-state index contributed by atoms with van der Waals surface area (Å²) < 4.78 is 0. The lowest BCUT2D eigenvalue weighted by atomic mass is 9.98. The van der Waals surface area contributed by atoms with Gasteiger partial charge in [0.15, 0.2) is 23.0 Å². The van der Waals surface area contributed by atoms with E-state index < -0.39 is 0 Å². The van der Waals surface area contributed by atoms with E-state index in [1.54, 1.807) is 4.90 Å². The Morgan fingerprint density at radius 1 is 0.864 bits per heavy atom. The van der Waals surface area contributed by atoms with Crippen LogP contribution in [0.2, 0.25) is 0 Å². The van der Waals surface area contributed by atoms with Gasteiger partial charge in [0.25, 0.3) is 5.91 Å². The Balaban J connectivity index is 1.86. The van der Waals surface area contributed by atoms with E-state index >= 15 is 0 Å². The number of phenolic OH excluding ortho intramolecular Hbond substituents is 4. The van der Waals surface area contributed by atoms with Crippen molar-refractivity contribution in [2.75, 3.05) is 6.54 Å². The number of hydrogen-bond acceptors (Lipinski definition) is 5. The molecule has 22 heavy (non-hydrogen) atoms. The summed E-state index contributed by atoms with van der Waals surface area (Å²) in [6.07, 6.45) is 0.568. The predicted octanol–water partition coefficient (Wildman–Crippen LogP) is 1.71. The summed E-state index contributed by atoms with van der Waals surface area (Å²) in [7, 11) is 0. The molecule has 1 amide bonds. The van der Waals surface area contributed by atoms with Crippen LogP contribution in [0.3, 0.4) is 0 Å². The van der Waals surface area contributed by atoms with Crippen LogP contribution < -0.4 is 0 Å². The van der Waals surface area contributed by atoms with E-state index in [-0.39, 0.29) is 34.5 Å². The minimum atomic E-state index is -0.342. The monoisotopic (exact) mass is 301 g/mol. The molecule has 2 aromatic carbocycles. The van der Waals surface area contributed by atoms with Crippen LogP contribution in [0.1, 0.15) is 21.5 Å². The van der Waals surface area contributed by atoms with Crippen LogP contribution >= 0.6 is 0 Å². The number of nitrogens with zero attached hydrogens (tertiary/aromatic N) is 1. The lowest BCUT2D eigenvalue weighted by molar-refractivity contribution is 0.0734. The van der Waals surface area contributed by atoms with Gasteiger partial charge in [-0.1, -0.05) is 0 Å². The molecule has 0 aliphatic carbocycles. The largest absolute Gasteiger partial charge is 0.504 e. The summed E-state index contributed by atoms with van der Waals surface area (Å²) in [4.78, 5) is 14.0. The third-order valence-corrected chi connectivity index (χ3v) is 3.82. The van der Waals surface area contributed by atoms with Crippen molar-refractivity contribution in [1.29, 1.82) is 0 Å². The highest BCUT2D eigenvalue weighted by Crippen LogP contribution is 2.32. The normalized spacial score (nSPS) is 13.7. The van der Waals surface area contributed by atoms with Crippen molar-refractivity contribution in [2.45, 2.75) is 13.0 Å². The van der Waals surface area contributed by atoms with E-state index in [0.717, 1.165) is 11.1 Å². The van der Waals surface area contributed by atoms with Crippen LogP contribution in [0.5, 0.6) is 23.0 Å². The van der Waals surface area contributed by atoms with Crippen LogP contribution in [-0.4, -0.2) is 37.8 Å². The number of fused-ring (bicyclic) bond motifs is 1. The zero-order chi connectivity index (χ0) is 15.9. The molecule has 6 nitrogen and oxygen atoms in total. The highest BCUT2D eigenvalue weighted by atomic mass is 16.3. The highest BCUT2D eigenvalue weighted by molar-refractivity contribution is 5.95. The number of carbonyl (C=O) groups excluding carboxylic acids is 1. The van der Waals surface area contributed by atoms with Gasteiger partial charge in [0.05, 0.1) is 0 Å². The lowest BCUT2D eigenvalue weighted by Crippen LogP contribution is -2.35. The van der Waals surface area contributed by atoms with Crippen LogP contribution in [0.25, 0.3) is 0 Å². The SMILES string of the molecule is O=C(c1ccc(O)c(O)c1)N1CCc2cc(O)c(O)cc2C1. The van der Waals surface area contributed by atoms with E-state index in [0.29, 0.717) is 19.5 Å². The molecule has 1 aliphatic rings. The molecule has 0 saturated heterocycles. The zero-order valence-corrected chi connectivity index (χ0v) is 11.7. The van der Waals surface area contributed by atoms with E-state index in [1.165, 1.54) is 30.3 Å². The number of benzene rings is 2. The van der Waals surface area contributed by atoms with Crippen molar-refractivity contribution in [3.63, 3.8) is 0 Å². The van der Waals surface area contributed by atoms with Crippen molar-refractivity contribution >= 4 is 5.91 Å².